The van der Waals surface area contributed by atoms with Crippen molar-refractivity contribution in [2.75, 3.05) is 27.2 Å². The predicted octanol–water partition coefficient (Wildman–Crippen LogP) is 2.34. The first-order valence-electron chi connectivity index (χ1n) is 10.4. The molecule has 160 valence electrons. The molecule has 1 aliphatic heterocycles. The van der Waals surface area contributed by atoms with E-state index >= 15 is 0 Å². The molecule has 0 spiro atoms. The summed E-state index contributed by atoms with van der Waals surface area (Å²) in [5.41, 5.74) is 3.52. The van der Waals surface area contributed by atoms with Crippen molar-refractivity contribution < 1.29 is 14.3 Å². The Balaban J connectivity index is 1.69. The molecular formula is C23H30N4O3. The van der Waals surface area contributed by atoms with Gasteiger partial charge < -0.3 is 15.0 Å². The zero-order valence-corrected chi connectivity index (χ0v) is 18.2. The number of likely N-dealkylation sites (tertiary alicyclic amines) is 1. The highest BCUT2D eigenvalue weighted by molar-refractivity contribution is 5.79. The Morgan fingerprint density at radius 3 is 2.40 bits per heavy atom. The van der Waals surface area contributed by atoms with E-state index in [4.69, 9.17) is 14.7 Å². The molecule has 1 fully saturated rings. The van der Waals surface area contributed by atoms with Gasteiger partial charge in [0.1, 0.15) is 11.6 Å². The molecule has 1 aliphatic rings. The van der Waals surface area contributed by atoms with Crippen LogP contribution < -0.4 is 10.1 Å². The smallest absolute Gasteiger partial charge is 0.227 e. The molecule has 2 aromatic rings. The van der Waals surface area contributed by atoms with Gasteiger partial charge in [-0.05, 0) is 44.4 Å². The van der Waals surface area contributed by atoms with Gasteiger partial charge in [-0.1, -0.05) is 12.1 Å². The molecule has 1 aromatic heterocycles. The first-order chi connectivity index (χ1) is 14.4. The van der Waals surface area contributed by atoms with Crippen LogP contribution in [0.4, 0.5) is 0 Å². The van der Waals surface area contributed by atoms with Crippen LogP contribution in [0.2, 0.25) is 0 Å². The summed E-state index contributed by atoms with van der Waals surface area (Å²) in [6, 6.07) is 7.61. The van der Waals surface area contributed by atoms with Crippen molar-refractivity contribution in [2.24, 2.45) is 0 Å². The minimum atomic E-state index is -0.0504. The number of nitrogens with zero attached hydrogens (tertiary/aromatic N) is 3. The number of likely N-dealkylation sites (N-methyl/N-ethyl adjacent to an activating group) is 1. The fourth-order valence-electron chi connectivity index (χ4n) is 3.90. The zero-order chi connectivity index (χ0) is 21.7. The van der Waals surface area contributed by atoms with E-state index in [2.05, 4.69) is 5.32 Å². The van der Waals surface area contributed by atoms with Crippen LogP contribution in [-0.2, 0) is 22.4 Å². The lowest BCUT2D eigenvalue weighted by Crippen LogP contribution is -2.40. The molecule has 1 saturated heterocycles. The van der Waals surface area contributed by atoms with Crippen LogP contribution >= 0.6 is 0 Å². The van der Waals surface area contributed by atoms with Crippen LogP contribution in [0.25, 0.3) is 0 Å². The predicted molar refractivity (Wildman–Crippen MR) is 115 cm³/mol. The molecule has 2 heterocycles. The number of aromatic nitrogens is 2. The van der Waals surface area contributed by atoms with Crippen molar-refractivity contribution >= 4 is 11.8 Å². The monoisotopic (exact) mass is 410 g/mol. The van der Waals surface area contributed by atoms with Gasteiger partial charge in [0.05, 0.1) is 20.0 Å². The third-order valence-electron chi connectivity index (χ3n) is 5.71. The summed E-state index contributed by atoms with van der Waals surface area (Å²) in [7, 11) is 3.26. The van der Waals surface area contributed by atoms with E-state index in [0.29, 0.717) is 13.0 Å². The Bertz CT molecular complexity index is 888. The number of methoxy groups -OCH3 is 1. The van der Waals surface area contributed by atoms with E-state index in [9.17, 15) is 9.59 Å². The van der Waals surface area contributed by atoms with Crippen LogP contribution in [0.3, 0.4) is 0 Å². The van der Waals surface area contributed by atoms with Crippen molar-refractivity contribution in [3.05, 3.63) is 52.6 Å². The summed E-state index contributed by atoms with van der Waals surface area (Å²) in [6.07, 6.45) is 2.55. The average Bonchev–Trinajstić information content (AvgIpc) is 2.76. The van der Waals surface area contributed by atoms with Gasteiger partial charge in [0.2, 0.25) is 11.8 Å². The molecule has 30 heavy (non-hydrogen) atoms. The van der Waals surface area contributed by atoms with Crippen LogP contribution in [0.1, 0.15) is 47.1 Å². The lowest BCUT2D eigenvalue weighted by Gasteiger charge is -2.32. The first kappa shape index (κ1) is 21.7. The quantitative estimate of drug-likeness (QED) is 0.790. The molecule has 2 amide bonds. The van der Waals surface area contributed by atoms with E-state index in [-0.39, 0.29) is 24.2 Å². The van der Waals surface area contributed by atoms with Crippen molar-refractivity contribution in [1.29, 1.82) is 0 Å². The summed E-state index contributed by atoms with van der Waals surface area (Å²) >= 11 is 0. The molecule has 0 aliphatic carbocycles. The molecule has 1 unspecified atom stereocenters. The second-order valence-electron chi connectivity index (χ2n) is 7.78. The third-order valence-corrected chi connectivity index (χ3v) is 5.71. The number of hydrogen-bond donors (Lipinski definition) is 1. The molecule has 1 atom stereocenters. The zero-order valence-electron chi connectivity index (χ0n) is 18.2. The molecular weight excluding hydrogens is 380 g/mol. The number of nitrogens with one attached hydrogen (secondary N) is 1. The number of ether oxygens (including phenoxy) is 1. The van der Waals surface area contributed by atoms with Crippen LogP contribution in [-0.4, -0.2) is 53.9 Å². The molecule has 1 N–H and O–H groups in total. The maximum atomic E-state index is 12.9. The van der Waals surface area contributed by atoms with Gasteiger partial charge in [-0.15, -0.1) is 0 Å². The van der Waals surface area contributed by atoms with E-state index < -0.39 is 0 Å². The van der Waals surface area contributed by atoms with Crippen molar-refractivity contribution in [2.45, 2.75) is 45.4 Å². The van der Waals surface area contributed by atoms with Gasteiger partial charge in [0.25, 0.3) is 0 Å². The second kappa shape index (κ2) is 9.69. The number of rotatable bonds is 6. The minimum absolute atomic E-state index is 0.0504. The number of benzene rings is 1. The average molecular weight is 411 g/mol. The van der Waals surface area contributed by atoms with Gasteiger partial charge >= 0.3 is 0 Å². The maximum Gasteiger partial charge on any atom is 0.227 e. The minimum Gasteiger partial charge on any atom is -0.497 e. The van der Waals surface area contributed by atoms with Crippen LogP contribution in [0, 0.1) is 13.8 Å². The largest absolute Gasteiger partial charge is 0.497 e. The molecule has 0 bridgehead atoms. The van der Waals surface area contributed by atoms with Crippen molar-refractivity contribution in [1.82, 2.24) is 20.2 Å². The normalized spacial score (nSPS) is 16.3. The number of aryl methyl sites for hydroxylation is 2. The first-order valence-corrected chi connectivity index (χ1v) is 10.4. The van der Waals surface area contributed by atoms with Crippen molar-refractivity contribution in [3.63, 3.8) is 0 Å². The molecule has 7 nitrogen and oxygen atoms in total. The van der Waals surface area contributed by atoms with Gasteiger partial charge in [-0.2, -0.15) is 0 Å². The van der Waals surface area contributed by atoms with Crippen LogP contribution in [0.5, 0.6) is 5.75 Å². The number of hydrogen-bond acceptors (Lipinski definition) is 5. The molecule has 3 rings (SSSR count). The van der Waals surface area contributed by atoms with Crippen LogP contribution in [0.15, 0.2) is 24.3 Å². The molecule has 0 saturated carbocycles. The number of carbonyl (C=O) groups excluding carboxylic acids is 2. The summed E-state index contributed by atoms with van der Waals surface area (Å²) in [5.74, 6) is 1.74. The summed E-state index contributed by atoms with van der Waals surface area (Å²) < 4.78 is 5.18. The summed E-state index contributed by atoms with van der Waals surface area (Å²) in [5, 5.41) is 2.64. The Morgan fingerprint density at radius 1 is 1.13 bits per heavy atom. The summed E-state index contributed by atoms with van der Waals surface area (Å²) in [4.78, 5) is 35.9. The van der Waals surface area contributed by atoms with Gasteiger partial charge in [0, 0.05) is 43.0 Å². The highest BCUT2D eigenvalue weighted by atomic mass is 16.5. The Morgan fingerprint density at radius 2 is 1.80 bits per heavy atom. The molecule has 0 radical (unpaired) electrons. The summed E-state index contributed by atoms with van der Waals surface area (Å²) in [6.45, 7) is 5.23. The lowest BCUT2D eigenvalue weighted by molar-refractivity contribution is -0.131. The fourth-order valence-corrected chi connectivity index (χ4v) is 3.90. The topological polar surface area (TPSA) is 84.4 Å². The Labute approximate surface area is 177 Å². The van der Waals surface area contributed by atoms with E-state index in [1.807, 2.05) is 43.0 Å². The standard InChI is InChI=1S/C23H30N4O3/c1-15-20(13-21(28)24-3)16(2)26-23(25-15)18-6-5-11-27(14-18)22(29)12-17-7-9-19(30-4)10-8-17/h7-10,18H,5-6,11-14H2,1-4H3,(H,24,28). The van der Waals surface area contributed by atoms with Gasteiger partial charge in [-0.3, -0.25) is 9.59 Å². The van der Waals surface area contributed by atoms with Gasteiger partial charge in [0.15, 0.2) is 0 Å². The Kier molecular flexibility index (Phi) is 7.03. The molecule has 1 aromatic carbocycles. The SMILES string of the molecule is CNC(=O)Cc1c(C)nc(C2CCCN(C(=O)Cc3ccc(OC)cc3)C2)nc1C. The second-order valence-corrected chi connectivity index (χ2v) is 7.78. The van der Waals surface area contributed by atoms with E-state index in [1.165, 1.54) is 0 Å². The van der Waals surface area contributed by atoms with Crippen molar-refractivity contribution in [3.8, 4) is 5.75 Å². The number of amides is 2. The lowest BCUT2D eigenvalue weighted by atomic mass is 9.95. The highest BCUT2D eigenvalue weighted by Gasteiger charge is 2.27. The fraction of sp³-hybridized carbons (Fsp3) is 0.478. The van der Waals surface area contributed by atoms with E-state index in [1.54, 1.807) is 14.2 Å². The Hall–Kier alpha value is -2.96. The third kappa shape index (κ3) is 5.14. The van der Waals surface area contributed by atoms with E-state index in [0.717, 1.165) is 53.5 Å². The van der Waals surface area contributed by atoms with Gasteiger partial charge in [-0.25, -0.2) is 9.97 Å². The number of carbonyl (C=O) groups is 2. The number of piperidine rings is 1. The maximum absolute atomic E-state index is 12.9. The highest BCUT2D eigenvalue weighted by Crippen LogP contribution is 2.26. The molecule has 7 heteroatoms.